The van der Waals surface area contributed by atoms with Gasteiger partial charge in [-0.25, -0.2) is 0 Å². The van der Waals surface area contributed by atoms with Crippen LogP contribution in [0.15, 0.2) is 28.4 Å². The number of hydrogen-bond acceptors (Lipinski definition) is 3. The Morgan fingerprint density at radius 2 is 1.11 bits per heavy atom. The molecular weight excluding hydrogens is 628 g/mol. The van der Waals surface area contributed by atoms with Gasteiger partial charge in [0.1, 0.15) is 18.0 Å². The van der Waals surface area contributed by atoms with Gasteiger partial charge in [-0.05, 0) is 18.6 Å². The van der Waals surface area contributed by atoms with Crippen molar-refractivity contribution in [1.29, 1.82) is 0 Å². The Hall–Kier alpha value is -1.14. The van der Waals surface area contributed by atoms with Gasteiger partial charge in [-0.15, -0.1) is 0 Å². The fourth-order valence-corrected chi connectivity index (χ4v) is 2.02. The van der Waals surface area contributed by atoms with Crippen LogP contribution in [0.4, 0.5) is 71.5 Å². The van der Waals surface area contributed by atoms with Crippen molar-refractivity contribution in [2.45, 2.75) is 48.6 Å². The van der Waals surface area contributed by atoms with Crippen LogP contribution >= 0.6 is 18.6 Å². The van der Waals surface area contributed by atoms with Crippen molar-refractivity contribution in [3.8, 4) is 5.75 Å². The van der Waals surface area contributed by atoms with Gasteiger partial charge in [0, 0.05) is 0 Å². The molecule has 0 aliphatic rings. The molecule has 0 aliphatic heterocycles. The van der Waals surface area contributed by atoms with Crippen molar-refractivity contribution >= 4 is 24.3 Å². The zero-order chi connectivity index (χ0) is 29.2. The van der Waals surface area contributed by atoms with Crippen molar-refractivity contribution in [1.82, 2.24) is 0 Å². The Balaban J connectivity index is 0.00000387. The normalized spacial score (nSPS) is 14.5. The Morgan fingerprint density at radius 1 is 0.722 bits per heavy atom. The molecule has 0 bridgehead atoms. The average molecular weight is 637 g/mol. The second-order valence-corrected chi connectivity index (χ2v) is 9.07. The number of aromatic hydroxyl groups is 1. The molecule has 0 fully saturated rings. The van der Waals surface area contributed by atoms with Crippen LogP contribution in [0.3, 0.4) is 0 Å². The number of nitrogens with zero attached hydrogens (tertiary/aromatic N) is 2. The third-order valence-corrected chi connectivity index (χ3v) is 4.06. The first-order chi connectivity index (χ1) is 15.8. The van der Waals surface area contributed by atoms with Gasteiger partial charge in [0.2, 0.25) is 0 Å². The van der Waals surface area contributed by atoms with Crippen molar-refractivity contribution in [3.05, 3.63) is 23.8 Å². The Labute approximate surface area is 207 Å². The van der Waals surface area contributed by atoms with Gasteiger partial charge in [-0.1, -0.05) is 12.1 Å². The van der Waals surface area contributed by atoms with Crippen LogP contribution in [-0.2, 0) is 17.0 Å². The molecule has 21 heteroatoms. The van der Waals surface area contributed by atoms with Crippen LogP contribution < -0.4 is 0 Å². The van der Waals surface area contributed by atoms with E-state index in [1.54, 1.807) is 0 Å². The molecule has 0 amide bonds. The van der Waals surface area contributed by atoms with Gasteiger partial charge in [0.25, 0.3) is 0 Å². The number of hydrogen-bond donors (Lipinski definition) is 1. The standard InChI is InChI=1S/C15H9F15N2O.2ClH.Ti/c1-6-3-2-4-7(8(6)33)32-31-5-9(16,17)10(18,19)11(20,21)12(22,23)13(24,25)14(26,27)15(28,29)30;;;/h2-4,33H,5H2,1H3;2*1H;/q;;;+2/p-2. The van der Waals surface area contributed by atoms with E-state index >= 15 is 0 Å². The summed E-state index contributed by atoms with van der Waals surface area (Å²) in [5.74, 6) is -47.8. The summed E-state index contributed by atoms with van der Waals surface area (Å²) in [7, 11) is 9.78. The predicted octanol–water partition coefficient (Wildman–Crippen LogP) is 8.53. The number of azo groups is 1. The monoisotopic (exact) mass is 636 g/mol. The summed E-state index contributed by atoms with van der Waals surface area (Å²) in [5.41, 5.74) is -0.704. The fraction of sp³-hybridized carbons (Fsp3) is 0.600. The Morgan fingerprint density at radius 3 is 1.53 bits per heavy atom. The van der Waals surface area contributed by atoms with Crippen LogP contribution in [0.2, 0.25) is 0 Å². The molecule has 208 valence electrons. The van der Waals surface area contributed by atoms with Crippen LogP contribution in [0, 0.1) is 6.92 Å². The molecule has 0 saturated carbocycles. The molecule has 36 heavy (non-hydrogen) atoms. The SMILES string of the molecule is Cc1cccc(N=NCC(F)(F)C(F)(F)C(F)(F)C(F)(F)C(F)(F)C(F)(F)C(F)(F)F)c1O.[Cl][Ti][Cl]. The van der Waals surface area contributed by atoms with E-state index in [4.69, 9.17) is 18.6 Å². The van der Waals surface area contributed by atoms with Gasteiger partial charge < -0.3 is 5.11 Å². The Bertz CT molecular complexity index is 925. The second-order valence-electron chi connectivity index (χ2n) is 6.49. The number of alkyl halides is 15. The number of phenols is 1. The van der Waals surface area contributed by atoms with E-state index in [0.717, 1.165) is 12.1 Å². The number of para-hydroxylation sites is 1. The number of phenolic OH excluding ortho intramolecular Hbond substituents is 1. The van der Waals surface area contributed by atoms with E-state index in [1.165, 1.54) is 13.0 Å². The zero-order valence-electron chi connectivity index (χ0n) is 16.7. The number of rotatable bonds is 8. The van der Waals surface area contributed by atoms with Crippen LogP contribution in [0.1, 0.15) is 5.56 Å². The third-order valence-electron chi connectivity index (χ3n) is 4.06. The maximum absolute atomic E-state index is 13.6. The molecule has 0 radical (unpaired) electrons. The minimum atomic E-state index is -8.35. The average Bonchev–Trinajstić information content (AvgIpc) is 2.70. The summed E-state index contributed by atoms with van der Waals surface area (Å²) in [6.07, 6.45) is -7.65. The molecule has 1 rings (SSSR count). The van der Waals surface area contributed by atoms with E-state index in [-0.39, 0.29) is 5.56 Å². The van der Waals surface area contributed by atoms with Crippen molar-refractivity contribution in [3.63, 3.8) is 0 Å². The molecule has 1 aromatic carbocycles. The van der Waals surface area contributed by atoms with Crippen molar-refractivity contribution < 1.29 is 88.0 Å². The molecule has 1 N–H and O–H groups in total. The molecule has 0 aromatic heterocycles. The first kappa shape index (κ1) is 34.9. The first-order valence-corrected chi connectivity index (χ1v) is 12.6. The van der Waals surface area contributed by atoms with Gasteiger partial charge in [0.05, 0.1) is 0 Å². The van der Waals surface area contributed by atoms with Gasteiger partial charge in [-0.3, -0.25) is 0 Å². The molecule has 3 nitrogen and oxygen atoms in total. The zero-order valence-corrected chi connectivity index (χ0v) is 19.8. The van der Waals surface area contributed by atoms with Gasteiger partial charge in [-0.2, -0.15) is 76.1 Å². The van der Waals surface area contributed by atoms with E-state index < -0.39 is 76.7 Å². The fourth-order valence-electron chi connectivity index (χ4n) is 2.02. The van der Waals surface area contributed by atoms with E-state index in [1.807, 2.05) is 0 Å². The molecular formula is C15H9Cl2F15N2OTi. The number of aryl methyl sites for hydroxylation is 1. The molecule has 0 saturated heterocycles. The third kappa shape index (κ3) is 6.12. The summed E-state index contributed by atoms with van der Waals surface area (Å²) in [6, 6.07) is 3.15. The van der Waals surface area contributed by atoms with Gasteiger partial charge >= 0.3 is 77.4 Å². The molecule has 0 spiro atoms. The van der Waals surface area contributed by atoms with E-state index in [9.17, 15) is 71.0 Å². The van der Waals surface area contributed by atoms with Crippen molar-refractivity contribution in [2.24, 2.45) is 10.2 Å². The minimum absolute atomic E-state index is 0.0162. The number of halogens is 17. The summed E-state index contributed by atoms with van der Waals surface area (Å²) in [5, 5.41) is 14.5. The van der Waals surface area contributed by atoms with Crippen molar-refractivity contribution in [2.75, 3.05) is 6.54 Å². The first-order valence-electron chi connectivity index (χ1n) is 8.27. The molecule has 0 heterocycles. The van der Waals surface area contributed by atoms with Crippen LogP contribution in [-0.4, -0.2) is 53.4 Å². The number of benzene rings is 1. The Kier molecular flexibility index (Phi) is 11.0. The summed E-state index contributed by atoms with van der Waals surface area (Å²) in [6.45, 7) is -1.74. The predicted molar refractivity (Wildman–Crippen MR) is 89.7 cm³/mol. The molecule has 0 aliphatic carbocycles. The van der Waals surface area contributed by atoms with E-state index in [2.05, 4.69) is 10.2 Å². The topological polar surface area (TPSA) is 45.0 Å². The maximum atomic E-state index is 13.6. The molecule has 1 aromatic rings. The summed E-state index contributed by atoms with van der Waals surface area (Å²) >= 11 is -0.556. The van der Waals surface area contributed by atoms with E-state index in [0.29, 0.717) is 0 Å². The van der Waals surface area contributed by atoms with Crippen LogP contribution in [0.25, 0.3) is 0 Å². The second kappa shape index (κ2) is 11.3. The quantitative estimate of drug-likeness (QED) is 0.174. The van der Waals surface area contributed by atoms with Gasteiger partial charge in [0.15, 0.2) is 0 Å². The molecule has 0 atom stereocenters. The summed E-state index contributed by atoms with van der Waals surface area (Å²) in [4.78, 5) is 0. The summed E-state index contributed by atoms with van der Waals surface area (Å²) < 4.78 is 195. The van der Waals surface area contributed by atoms with Crippen LogP contribution in [0.5, 0.6) is 5.75 Å². The molecule has 0 unspecified atom stereocenters.